The van der Waals surface area contributed by atoms with Crippen LogP contribution in [0, 0.1) is 0 Å². The fourth-order valence-electron chi connectivity index (χ4n) is 3.04. The Morgan fingerprint density at radius 1 is 1.00 bits per heavy atom. The predicted octanol–water partition coefficient (Wildman–Crippen LogP) is 4.25. The first-order valence-corrected chi connectivity index (χ1v) is 9.46. The van der Waals surface area contributed by atoms with Crippen molar-refractivity contribution >= 4 is 27.8 Å². The van der Waals surface area contributed by atoms with E-state index in [0.717, 1.165) is 27.7 Å². The smallest absolute Gasteiger partial charge is 0.203 e. The second-order valence-corrected chi connectivity index (χ2v) is 6.96. The van der Waals surface area contributed by atoms with Crippen LogP contribution in [-0.4, -0.2) is 43.0 Å². The van der Waals surface area contributed by atoms with Crippen LogP contribution in [0.4, 0.5) is 10.8 Å². The van der Waals surface area contributed by atoms with Crippen LogP contribution in [-0.2, 0) is 0 Å². The van der Waals surface area contributed by atoms with E-state index < -0.39 is 0 Å². The first kappa shape index (κ1) is 18.1. The number of benzene rings is 1. The summed E-state index contributed by atoms with van der Waals surface area (Å²) in [5.41, 5.74) is 2.45. The quantitative estimate of drug-likeness (QED) is 0.486. The summed E-state index contributed by atoms with van der Waals surface area (Å²) in [6.07, 6.45) is 1.79. The molecule has 0 saturated carbocycles. The Labute approximate surface area is 166 Å². The average molecular weight is 396 g/mol. The number of methoxy groups -OCH3 is 3. The highest BCUT2D eigenvalue weighted by Crippen LogP contribution is 2.41. The summed E-state index contributed by atoms with van der Waals surface area (Å²) in [6, 6.07) is 11.8. The van der Waals surface area contributed by atoms with Crippen LogP contribution in [0.5, 0.6) is 17.2 Å². The molecule has 7 nitrogen and oxygen atoms in total. The summed E-state index contributed by atoms with van der Waals surface area (Å²) in [6.45, 7) is 0. The molecule has 0 spiro atoms. The zero-order valence-corrected chi connectivity index (χ0v) is 16.9. The van der Waals surface area contributed by atoms with Crippen molar-refractivity contribution in [2.45, 2.75) is 0 Å². The highest BCUT2D eigenvalue weighted by Gasteiger charge is 2.17. The maximum Gasteiger partial charge on any atom is 0.203 e. The maximum atomic E-state index is 5.48. The van der Waals surface area contributed by atoms with Gasteiger partial charge >= 0.3 is 0 Å². The molecule has 4 rings (SSSR count). The summed E-state index contributed by atoms with van der Waals surface area (Å²) >= 11 is 1.66. The van der Waals surface area contributed by atoms with Gasteiger partial charge in [0, 0.05) is 12.6 Å². The van der Waals surface area contributed by atoms with Crippen molar-refractivity contribution in [2.75, 3.05) is 33.3 Å². The highest BCUT2D eigenvalue weighted by atomic mass is 32.1. The van der Waals surface area contributed by atoms with Gasteiger partial charge in [-0.1, -0.05) is 0 Å². The van der Waals surface area contributed by atoms with E-state index in [1.165, 1.54) is 0 Å². The molecule has 0 amide bonds. The van der Waals surface area contributed by atoms with Crippen LogP contribution in [0.25, 0.3) is 16.9 Å². The summed E-state index contributed by atoms with van der Waals surface area (Å²) in [5, 5.41) is 7.95. The molecule has 0 N–H and O–H groups in total. The van der Waals surface area contributed by atoms with Gasteiger partial charge in [0.05, 0.1) is 38.2 Å². The molecule has 0 aliphatic carbocycles. The topological polar surface area (TPSA) is 61.1 Å². The molecule has 0 bridgehead atoms. The Hall–Kier alpha value is -3.26. The lowest BCUT2D eigenvalue weighted by Crippen LogP contribution is -2.11. The fraction of sp³-hybridized carbons (Fsp3) is 0.200. The minimum atomic E-state index is 0.550. The molecule has 0 aliphatic rings. The summed E-state index contributed by atoms with van der Waals surface area (Å²) in [5.74, 6) is 2.53. The lowest BCUT2D eigenvalue weighted by molar-refractivity contribution is 0.324. The Morgan fingerprint density at radius 2 is 1.75 bits per heavy atom. The number of thiophene rings is 1. The lowest BCUT2D eigenvalue weighted by Gasteiger charge is -2.16. The van der Waals surface area contributed by atoms with Crippen LogP contribution < -0.4 is 19.1 Å². The van der Waals surface area contributed by atoms with Crippen LogP contribution in [0.15, 0.2) is 48.0 Å². The van der Waals surface area contributed by atoms with E-state index in [9.17, 15) is 0 Å². The minimum Gasteiger partial charge on any atom is -0.493 e. The van der Waals surface area contributed by atoms with Crippen LogP contribution in [0.1, 0.15) is 0 Å². The maximum absolute atomic E-state index is 5.48. The molecule has 0 radical (unpaired) electrons. The second kappa shape index (κ2) is 7.40. The number of hydrogen-bond donors (Lipinski definition) is 0. The van der Waals surface area contributed by atoms with Crippen LogP contribution in [0.2, 0.25) is 0 Å². The van der Waals surface area contributed by atoms with Gasteiger partial charge in [0.25, 0.3) is 0 Å². The van der Waals surface area contributed by atoms with Gasteiger partial charge in [0.15, 0.2) is 23.0 Å². The fourth-order valence-corrected chi connectivity index (χ4v) is 3.75. The number of ether oxygens (including phenoxy) is 3. The molecule has 28 heavy (non-hydrogen) atoms. The minimum absolute atomic E-state index is 0.550. The van der Waals surface area contributed by atoms with Crippen molar-refractivity contribution in [3.63, 3.8) is 0 Å². The van der Waals surface area contributed by atoms with Crippen LogP contribution >= 0.6 is 11.3 Å². The zero-order valence-electron chi connectivity index (χ0n) is 16.0. The Balaban J connectivity index is 1.84. The molecule has 144 valence electrons. The van der Waals surface area contributed by atoms with Gasteiger partial charge in [0.1, 0.15) is 0 Å². The third-order valence-corrected chi connectivity index (χ3v) is 5.43. The number of hydrogen-bond acceptors (Lipinski definition) is 7. The number of imidazole rings is 1. The summed E-state index contributed by atoms with van der Waals surface area (Å²) < 4.78 is 18.2. The lowest BCUT2D eigenvalue weighted by atomic mass is 10.1. The van der Waals surface area contributed by atoms with Gasteiger partial charge in [-0.05, 0) is 41.8 Å². The molecule has 0 saturated heterocycles. The van der Waals surface area contributed by atoms with E-state index in [0.29, 0.717) is 17.2 Å². The van der Waals surface area contributed by atoms with Crippen molar-refractivity contribution in [1.82, 2.24) is 14.6 Å². The second-order valence-electron chi connectivity index (χ2n) is 6.03. The summed E-state index contributed by atoms with van der Waals surface area (Å²) in [7, 11) is 6.78. The summed E-state index contributed by atoms with van der Waals surface area (Å²) in [4.78, 5) is 6.53. The molecule has 3 aromatic heterocycles. The average Bonchev–Trinajstić information content (AvgIpc) is 3.41. The molecule has 3 heterocycles. The van der Waals surface area contributed by atoms with E-state index >= 15 is 0 Å². The molecule has 4 aromatic rings. The van der Waals surface area contributed by atoms with Crippen molar-refractivity contribution in [3.05, 3.63) is 48.0 Å². The molecule has 0 atom stereocenters. The standard InChI is InChI=1S/C20H20N4O3S/c1-23(19-6-5-9-28-19)18-8-7-17-21-12-14(24(17)22-18)13-10-15(25-2)20(27-4)16(11-13)26-3/h5-12H,1-4H3. The van der Waals surface area contributed by atoms with E-state index in [1.807, 2.05) is 52.2 Å². The third-order valence-electron chi connectivity index (χ3n) is 4.49. The van der Waals surface area contributed by atoms with Gasteiger partial charge in [-0.15, -0.1) is 16.4 Å². The Bertz CT molecular complexity index is 1080. The molecular formula is C20H20N4O3S. The van der Waals surface area contributed by atoms with Gasteiger partial charge in [-0.2, -0.15) is 0 Å². The molecule has 0 fully saturated rings. The van der Waals surface area contributed by atoms with Crippen LogP contribution in [0.3, 0.4) is 0 Å². The van der Waals surface area contributed by atoms with Crippen molar-refractivity contribution < 1.29 is 14.2 Å². The van der Waals surface area contributed by atoms with E-state index in [2.05, 4.69) is 11.1 Å². The molecule has 0 aliphatic heterocycles. The monoisotopic (exact) mass is 396 g/mol. The largest absolute Gasteiger partial charge is 0.493 e. The van der Waals surface area contributed by atoms with Gasteiger partial charge in [0.2, 0.25) is 5.75 Å². The van der Waals surface area contributed by atoms with Gasteiger partial charge < -0.3 is 19.1 Å². The van der Waals surface area contributed by atoms with E-state index in [-0.39, 0.29) is 0 Å². The first-order chi connectivity index (χ1) is 13.7. The Kier molecular flexibility index (Phi) is 4.79. The number of fused-ring (bicyclic) bond motifs is 1. The van der Waals surface area contributed by atoms with Gasteiger partial charge in [-0.3, -0.25) is 0 Å². The third kappa shape index (κ3) is 3.01. The first-order valence-electron chi connectivity index (χ1n) is 8.58. The molecular weight excluding hydrogens is 376 g/mol. The normalized spacial score (nSPS) is 10.9. The number of rotatable bonds is 6. The molecule has 0 unspecified atom stereocenters. The van der Waals surface area contributed by atoms with E-state index in [4.69, 9.17) is 19.3 Å². The van der Waals surface area contributed by atoms with Gasteiger partial charge in [-0.25, -0.2) is 9.50 Å². The Morgan fingerprint density at radius 3 is 2.36 bits per heavy atom. The molecule has 8 heteroatoms. The van der Waals surface area contributed by atoms with Crippen molar-refractivity contribution in [3.8, 4) is 28.5 Å². The van der Waals surface area contributed by atoms with Crippen molar-refractivity contribution in [1.29, 1.82) is 0 Å². The SMILES string of the molecule is COc1cc(-c2cnc3ccc(N(C)c4cccs4)nn23)cc(OC)c1OC. The number of anilines is 2. The van der Waals surface area contributed by atoms with E-state index in [1.54, 1.807) is 38.9 Å². The van der Waals surface area contributed by atoms with Crippen molar-refractivity contribution in [2.24, 2.45) is 0 Å². The number of nitrogens with zero attached hydrogens (tertiary/aromatic N) is 4. The highest BCUT2D eigenvalue weighted by molar-refractivity contribution is 7.14. The molecule has 1 aromatic carbocycles. The predicted molar refractivity (Wildman–Crippen MR) is 110 cm³/mol. The number of aromatic nitrogens is 3. The zero-order chi connectivity index (χ0) is 19.7.